The van der Waals surface area contributed by atoms with Gasteiger partial charge in [-0.2, -0.15) is 8.42 Å². The number of halogens is 1. The number of fused-ring (bicyclic) bond motifs is 1. The quantitative estimate of drug-likeness (QED) is 0.469. The molecule has 1 aliphatic carbocycles. The highest BCUT2D eigenvalue weighted by Crippen LogP contribution is 2.51. The summed E-state index contributed by atoms with van der Waals surface area (Å²) in [6.07, 6.45) is 3.83. The summed E-state index contributed by atoms with van der Waals surface area (Å²) in [6.45, 7) is 6.64. The van der Waals surface area contributed by atoms with Gasteiger partial charge in [0.2, 0.25) is 0 Å². The van der Waals surface area contributed by atoms with Crippen LogP contribution in [0.15, 0.2) is 16.9 Å². The van der Waals surface area contributed by atoms with Gasteiger partial charge in [-0.1, -0.05) is 11.6 Å². The van der Waals surface area contributed by atoms with Crippen LogP contribution in [0.5, 0.6) is 11.5 Å². The summed E-state index contributed by atoms with van der Waals surface area (Å²) in [7, 11) is -0.453. The van der Waals surface area contributed by atoms with Crippen molar-refractivity contribution in [2.45, 2.75) is 71.8 Å². The van der Waals surface area contributed by atoms with Gasteiger partial charge in [0.25, 0.3) is 27.4 Å². The average molecular weight is 582 g/mol. The summed E-state index contributed by atoms with van der Waals surface area (Å²) in [4.78, 5) is 32.1. The molecule has 2 heterocycles. The Morgan fingerprint density at radius 2 is 1.74 bits per heavy atom. The molecule has 2 aromatic rings. The zero-order valence-corrected chi connectivity index (χ0v) is 24.7. The van der Waals surface area contributed by atoms with Crippen molar-refractivity contribution in [1.29, 1.82) is 0 Å². The molecule has 0 unspecified atom stereocenters. The zero-order chi connectivity index (χ0) is 28.9. The Morgan fingerprint density at radius 1 is 1.13 bits per heavy atom. The van der Waals surface area contributed by atoms with Crippen molar-refractivity contribution in [3.63, 3.8) is 0 Å². The number of carbonyl (C=O) groups is 1. The number of aromatic nitrogens is 1. The van der Waals surface area contributed by atoms with E-state index >= 15 is 0 Å². The van der Waals surface area contributed by atoms with Gasteiger partial charge in [-0.05, 0) is 78.2 Å². The van der Waals surface area contributed by atoms with Gasteiger partial charge in [-0.3, -0.25) is 14.1 Å². The second-order valence-electron chi connectivity index (χ2n) is 11.0. The van der Waals surface area contributed by atoms with Gasteiger partial charge in [0.1, 0.15) is 5.88 Å². The van der Waals surface area contributed by atoms with E-state index in [0.717, 1.165) is 30.6 Å². The molecule has 10 nitrogen and oxygen atoms in total. The first-order chi connectivity index (χ1) is 18.1. The van der Waals surface area contributed by atoms with Crippen molar-refractivity contribution in [1.82, 2.24) is 14.8 Å². The molecule has 4 rings (SSSR count). The van der Waals surface area contributed by atoms with Gasteiger partial charge in [0, 0.05) is 41.3 Å². The third-order valence-electron chi connectivity index (χ3n) is 7.90. The minimum absolute atomic E-state index is 0.0905. The van der Waals surface area contributed by atoms with E-state index in [-0.39, 0.29) is 28.6 Å². The highest BCUT2D eigenvalue weighted by atomic mass is 35.5. The van der Waals surface area contributed by atoms with E-state index < -0.39 is 33.2 Å². The molecule has 1 aromatic carbocycles. The fraction of sp³-hybridized carbons (Fsp3) is 0.556. The van der Waals surface area contributed by atoms with Gasteiger partial charge >= 0.3 is 0 Å². The van der Waals surface area contributed by atoms with E-state index in [2.05, 4.69) is 24.0 Å². The topological polar surface area (TPSA) is 129 Å². The predicted octanol–water partition coefficient (Wildman–Crippen LogP) is 4.05. The molecule has 0 saturated heterocycles. The number of nitrogens with zero attached hydrogens (tertiary/aromatic N) is 2. The number of aryl methyl sites for hydroxylation is 2. The molecular formula is C27H36ClN3O7S. The smallest absolute Gasteiger partial charge is 0.283 e. The van der Waals surface area contributed by atoms with Crippen molar-refractivity contribution in [2.75, 3.05) is 20.0 Å². The van der Waals surface area contributed by atoms with Crippen LogP contribution < -0.4 is 15.0 Å². The summed E-state index contributed by atoms with van der Waals surface area (Å²) in [5.74, 6) is -1.90. The van der Waals surface area contributed by atoms with E-state index in [0.29, 0.717) is 34.4 Å². The molecule has 0 spiro atoms. The molecule has 0 bridgehead atoms. The van der Waals surface area contributed by atoms with Crippen LogP contribution in [0.3, 0.4) is 0 Å². The minimum Gasteiger partial charge on any atom is -0.448 e. The molecule has 1 aliphatic heterocycles. The lowest BCUT2D eigenvalue weighted by Gasteiger charge is -2.39. The van der Waals surface area contributed by atoms with Crippen LogP contribution in [0.2, 0.25) is 5.02 Å². The van der Waals surface area contributed by atoms with Gasteiger partial charge in [-0.15, -0.1) is 0 Å². The number of amides is 1. The molecule has 2 N–H and O–H groups in total. The molecule has 12 heteroatoms. The van der Waals surface area contributed by atoms with E-state index in [1.165, 1.54) is 6.07 Å². The highest BCUT2D eigenvalue weighted by molar-refractivity contribution is 7.85. The van der Waals surface area contributed by atoms with Crippen LogP contribution in [0.1, 0.15) is 65.3 Å². The number of ether oxygens (including phenoxy) is 2. The van der Waals surface area contributed by atoms with Gasteiger partial charge in [0.15, 0.2) is 11.5 Å². The van der Waals surface area contributed by atoms with Crippen molar-refractivity contribution < 1.29 is 27.2 Å². The Morgan fingerprint density at radius 3 is 2.31 bits per heavy atom. The first kappa shape index (κ1) is 29.4. The number of hydrogen-bond donors (Lipinski definition) is 2. The lowest BCUT2D eigenvalue weighted by atomic mass is 9.81. The Balaban J connectivity index is 1.65. The average Bonchev–Trinajstić information content (AvgIpc) is 3.21. The van der Waals surface area contributed by atoms with E-state index in [1.54, 1.807) is 26.8 Å². The number of H-pyrrole nitrogens is 1. The zero-order valence-electron chi connectivity index (χ0n) is 23.1. The number of benzene rings is 1. The molecule has 1 saturated carbocycles. The normalized spacial score (nSPS) is 22.8. The van der Waals surface area contributed by atoms with E-state index in [1.807, 2.05) is 6.92 Å². The molecular weight excluding hydrogens is 546 g/mol. The molecule has 1 aromatic heterocycles. The van der Waals surface area contributed by atoms with Crippen LogP contribution >= 0.6 is 11.6 Å². The Bertz CT molecular complexity index is 1450. The van der Waals surface area contributed by atoms with Gasteiger partial charge in [-0.25, -0.2) is 0 Å². The van der Waals surface area contributed by atoms with Crippen molar-refractivity contribution in [2.24, 2.45) is 5.92 Å². The predicted molar refractivity (Wildman–Crippen MR) is 148 cm³/mol. The summed E-state index contributed by atoms with van der Waals surface area (Å²) in [5.41, 5.74) is 1.51. The summed E-state index contributed by atoms with van der Waals surface area (Å²) >= 11 is 6.58. The van der Waals surface area contributed by atoms with Crippen molar-refractivity contribution in [3.8, 4) is 11.5 Å². The van der Waals surface area contributed by atoms with Crippen LogP contribution in [0, 0.1) is 26.7 Å². The van der Waals surface area contributed by atoms with Crippen molar-refractivity contribution in [3.05, 3.63) is 55.5 Å². The number of aromatic amines is 1. The van der Waals surface area contributed by atoms with Crippen LogP contribution in [0.4, 0.5) is 0 Å². The van der Waals surface area contributed by atoms with Crippen LogP contribution in [-0.2, 0) is 16.7 Å². The minimum atomic E-state index is -4.61. The molecule has 1 atom stereocenters. The molecule has 2 aliphatic rings. The SMILES string of the molecule is Cc1cc(C)c(CN(CS(=O)(=O)O)C(=O)c2cc(Cl)c3c(c2C)O[C@@](C)(C2CCC(N(C)C)CC2)O3)c(=O)[nH]1. The summed E-state index contributed by atoms with van der Waals surface area (Å²) < 4.78 is 46.0. The molecule has 1 amide bonds. The van der Waals surface area contributed by atoms with Crippen molar-refractivity contribution >= 4 is 27.6 Å². The number of carbonyl (C=O) groups excluding carboxylic acids is 1. The molecule has 39 heavy (non-hydrogen) atoms. The Hall–Kier alpha value is -2.60. The fourth-order valence-corrected chi connectivity index (χ4v) is 6.50. The van der Waals surface area contributed by atoms with Crippen LogP contribution in [0.25, 0.3) is 0 Å². The maximum Gasteiger partial charge on any atom is 0.283 e. The third-order valence-corrected chi connectivity index (χ3v) is 8.81. The Kier molecular flexibility index (Phi) is 8.11. The van der Waals surface area contributed by atoms with Crippen LogP contribution in [-0.4, -0.2) is 65.5 Å². The lowest BCUT2D eigenvalue weighted by molar-refractivity contribution is -0.123. The maximum absolute atomic E-state index is 13.7. The fourth-order valence-electron chi connectivity index (χ4n) is 5.66. The summed E-state index contributed by atoms with van der Waals surface area (Å²) in [6, 6.07) is 3.64. The standard InChI is InChI=1S/C27H36ClN3O7S/c1-15-11-16(2)29-25(32)21(15)13-31(14-39(34,35)36)26(33)20-12-22(28)24-23(17(20)3)37-27(4,38-24)18-7-9-19(10-8-18)30(5)6/h11-12,18-19H,7-10,13-14H2,1-6H3,(H,29,32)(H,34,35,36)/t18?,19?,27-/m1/s1. The molecule has 0 radical (unpaired) electrons. The number of rotatable bonds is 7. The third kappa shape index (κ3) is 6.11. The van der Waals surface area contributed by atoms with E-state index in [4.69, 9.17) is 21.1 Å². The monoisotopic (exact) mass is 581 g/mol. The molecule has 1 fully saturated rings. The van der Waals surface area contributed by atoms with Gasteiger partial charge < -0.3 is 24.3 Å². The first-order valence-electron chi connectivity index (χ1n) is 12.9. The second-order valence-corrected chi connectivity index (χ2v) is 12.9. The highest BCUT2D eigenvalue weighted by Gasteiger charge is 2.47. The Labute approximate surface area is 234 Å². The largest absolute Gasteiger partial charge is 0.448 e. The number of nitrogens with one attached hydrogen (secondary N) is 1. The number of hydrogen-bond acceptors (Lipinski definition) is 7. The first-order valence-corrected chi connectivity index (χ1v) is 14.9. The lowest BCUT2D eigenvalue weighted by Crippen LogP contribution is -2.46. The number of pyridine rings is 1. The summed E-state index contributed by atoms with van der Waals surface area (Å²) in [5, 5.41) is 0.154. The molecule has 214 valence electrons. The van der Waals surface area contributed by atoms with Gasteiger partial charge in [0.05, 0.1) is 11.6 Å². The maximum atomic E-state index is 13.7. The van der Waals surface area contributed by atoms with E-state index in [9.17, 15) is 22.6 Å². The second kappa shape index (κ2) is 10.8.